The number of aromatic nitrogens is 4. The van der Waals surface area contributed by atoms with Crippen molar-refractivity contribution >= 4 is 22.1 Å². The van der Waals surface area contributed by atoms with Crippen LogP contribution in [0.15, 0.2) is 48.5 Å². The molecule has 4 rings (SSSR count). The topological polar surface area (TPSA) is 17.6 Å². The van der Waals surface area contributed by atoms with Crippen LogP contribution in [0, 0.1) is 13.8 Å². The average molecular weight is 363 g/mol. The number of benzene rings is 2. The van der Waals surface area contributed by atoms with E-state index in [1.165, 1.54) is 53.0 Å². The smallest absolute Gasteiger partial charge is 0.230 e. The molecule has 140 valence electrons. The summed E-state index contributed by atoms with van der Waals surface area (Å²) in [4.78, 5) is 0. The zero-order chi connectivity index (χ0) is 19.0. The van der Waals surface area contributed by atoms with Crippen molar-refractivity contribution < 1.29 is 9.13 Å². The third-order valence-electron chi connectivity index (χ3n) is 6.08. The van der Waals surface area contributed by atoms with Crippen molar-refractivity contribution in [1.29, 1.82) is 0 Å². The molecule has 2 heterocycles. The fraction of sp³-hybridized carbons (Fsp3) is 0.391. The van der Waals surface area contributed by atoms with Crippen molar-refractivity contribution in [2.75, 3.05) is 0 Å². The van der Waals surface area contributed by atoms with Gasteiger partial charge >= 0.3 is 0 Å². The Labute approximate surface area is 161 Å². The second kappa shape index (κ2) is 7.18. The summed E-state index contributed by atoms with van der Waals surface area (Å²) in [5, 5.41) is 0. The van der Waals surface area contributed by atoms with Crippen LogP contribution in [0.25, 0.3) is 22.1 Å². The predicted octanol–water partition coefficient (Wildman–Crippen LogP) is 3.73. The Balaban J connectivity index is 1.41. The maximum absolute atomic E-state index is 2.46. The fourth-order valence-electron chi connectivity index (χ4n) is 4.29. The molecule has 4 heteroatoms. The van der Waals surface area contributed by atoms with Crippen LogP contribution in [-0.4, -0.2) is 9.13 Å². The number of rotatable bonds is 6. The van der Waals surface area contributed by atoms with Gasteiger partial charge in [0.05, 0.1) is 27.2 Å². The standard InChI is InChI=1S/C23H30N4/c1-18-24(3)20-12-6-8-14-22(20)26(18)16-10-5-11-17-27-19(2)25(4)21-13-7-9-15-23(21)27/h6-9,12-15H,5,10-11,16-17H2,1-4H3/q+2. The van der Waals surface area contributed by atoms with Crippen molar-refractivity contribution in [1.82, 2.24) is 9.13 Å². The summed E-state index contributed by atoms with van der Waals surface area (Å²) < 4.78 is 9.52. The molecule has 0 aliphatic rings. The Bertz CT molecular complexity index is 1010. The maximum atomic E-state index is 2.46. The summed E-state index contributed by atoms with van der Waals surface area (Å²) >= 11 is 0. The molecule has 0 N–H and O–H groups in total. The molecule has 4 aromatic rings. The number of nitrogens with zero attached hydrogens (tertiary/aromatic N) is 4. The molecule has 0 bridgehead atoms. The summed E-state index contributed by atoms with van der Waals surface area (Å²) in [7, 11) is 4.32. The maximum Gasteiger partial charge on any atom is 0.253 e. The number of imidazole rings is 2. The molecule has 0 amide bonds. The van der Waals surface area contributed by atoms with Gasteiger partial charge in [0.25, 0.3) is 11.6 Å². The van der Waals surface area contributed by atoms with Crippen LogP contribution in [0.2, 0.25) is 0 Å². The quantitative estimate of drug-likeness (QED) is 0.367. The predicted molar refractivity (Wildman–Crippen MR) is 110 cm³/mol. The van der Waals surface area contributed by atoms with Crippen LogP contribution in [0.4, 0.5) is 0 Å². The minimum absolute atomic E-state index is 1.09. The molecule has 0 spiro atoms. The highest BCUT2D eigenvalue weighted by atomic mass is 15.2. The van der Waals surface area contributed by atoms with Crippen molar-refractivity contribution in [2.24, 2.45) is 14.1 Å². The van der Waals surface area contributed by atoms with E-state index in [0.717, 1.165) is 13.1 Å². The minimum atomic E-state index is 1.09. The Morgan fingerprint density at radius 3 is 1.48 bits per heavy atom. The first-order chi connectivity index (χ1) is 13.1. The average Bonchev–Trinajstić information content (AvgIpc) is 3.08. The van der Waals surface area contributed by atoms with Crippen molar-refractivity contribution in [3.05, 3.63) is 60.2 Å². The van der Waals surface area contributed by atoms with Crippen LogP contribution in [0.1, 0.15) is 30.9 Å². The van der Waals surface area contributed by atoms with Gasteiger partial charge in [-0.05, 0) is 43.5 Å². The van der Waals surface area contributed by atoms with E-state index in [-0.39, 0.29) is 0 Å². The normalized spacial score (nSPS) is 11.7. The second-order valence-electron chi connectivity index (χ2n) is 7.55. The van der Waals surface area contributed by atoms with Gasteiger partial charge in [-0.2, -0.15) is 0 Å². The van der Waals surface area contributed by atoms with Gasteiger partial charge in [-0.3, -0.25) is 0 Å². The first-order valence-electron chi connectivity index (χ1n) is 9.97. The Morgan fingerprint density at radius 2 is 1.04 bits per heavy atom. The lowest BCUT2D eigenvalue weighted by Crippen LogP contribution is -2.31. The molecule has 0 fully saturated rings. The van der Waals surface area contributed by atoms with Gasteiger partial charge in [-0.15, -0.1) is 0 Å². The van der Waals surface area contributed by atoms with Crippen molar-refractivity contribution in [3.63, 3.8) is 0 Å². The molecule has 0 saturated carbocycles. The van der Waals surface area contributed by atoms with E-state index >= 15 is 0 Å². The molecule has 27 heavy (non-hydrogen) atoms. The van der Waals surface area contributed by atoms with Gasteiger partial charge in [0, 0.05) is 13.8 Å². The molecule has 0 unspecified atom stereocenters. The van der Waals surface area contributed by atoms with Gasteiger partial charge in [-0.25, -0.2) is 18.3 Å². The lowest BCUT2D eigenvalue weighted by atomic mass is 10.2. The van der Waals surface area contributed by atoms with E-state index in [2.05, 4.69) is 94.7 Å². The monoisotopic (exact) mass is 362 g/mol. The largest absolute Gasteiger partial charge is 0.253 e. The number of aryl methyl sites for hydroxylation is 4. The molecule has 0 radical (unpaired) electrons. The summed E-state index contributed by atoms with van der Waals surface area (Å²) in [6.07, 6.45) is 3.67. The molecule has 2 aromatic carbocycles. The van der Waals surface area contributed by atoms with Crippen molar-refractivity contribution in [2.45, 2.75) is 46.2 Å². The third-order valence-corrected chi connectivity index (χ3v) is 6.08. The number of hydrogen-bond donors (Lipinski definition) is 0. The molecule has 4 nitrogen and oxygen atoms in total. The fourth-order valence-corrected chi connectivity index (χ4v) is 4.29. The van der Waals surface area contributed by atoms with E-state index in [4.69, 9.17) is 0 Å². The zero-order valence-corrected chi connectivity index (χ0v) is 16.9. The van der Waals surface area contributed by atoms with E-state index in [1.807, 2.05) is 0 Å². The third kappa shape index (κ3) is 3.03. The molecule has 0 saturated heterocycles. The number of para-hydroxylation sites is 4. The van der Waals surface area contributed by atoms with Gasteiger partial charge < -0.3 is 0 Å². The van der Waals surface area contributed by atoms with Crippen LogP contribution >= 0.6 is 0 Å². The van der Waals surface area contributed by atoms with E-state index < -0.39 is 0 Å². The summed E-state index contributed by atoms with van der Waals surface area (Å²) in [5.74, 6) is 2.66. The Morgan fingerprint density at radius 1 is 0.630 bits per heavy atom. The lowest BCUT2D eigenvalue weighted by molar-refractivity contribution is -0.652. The highest BCUT2D eigenvalue weighted by molar-refractivity contribution is 5.72. The summed E-state index contributed by atoms with van der Waals surface area (Å²) in [6.45, 7) is 6.61. The lowest BCUT2D eigenvalue weighted by Gasteiger charge is -2.02. The highest BCUT2D eigenvalue weighted by Gasteiger charge is 2.19. The van der Waals surface area contributed by atoms with Gasteiger partial charge in [0.2, 0.25) is 0 Å². The van der Waals surface area contributed by atoms with Crippen LogP contribution < -0.4 is 9.13 Å². The highest BCUT2D eigenvalue weighted by Crippen LogP contribution is 2.17. The van der Waals surface area contributed by atoms with Crippen LogP contribution in [0.3, 0.4) is 0 Å². The molecule has 0 aliphatic heterocycles. The summed E-state index contributed by atoms with van der Waals surface area (Å²) in [5.41, 5.74) is 5.32. The zero-order valence-electron chi connectivity index (χ0n) is 16.9. The number of unbranched alkanes of at least 4 members (excludes halogenated alkanes) is 2. The van der Waals surface area contributed by atoms with Gasteiger partial charge in [0.15, 0.2) is 22.1 Å². The first kappa shape index (κ1) is 17.8. The molecular weight excluding hydrogens is 332 g/mol. The van der Waals surface area contributed by atoms with E-state index in [1.54, 1.807) is 0 Å². The molecule has 2 aromatic heterocycles. The van der Waals surface area contributed by atoms with Crippen molar-refractivity contribution in [3.8, 4) is 0 Å². The van der Waals surface area contributed by atoms with Gasteiger partial charge in [0.1, 0.15) is 0 Å². The second-order valence-corrected chi connectivity index (χ2v) is 7.55. The van der Waals surface area contributed by atoms with Crippen LogP contribution in [-0.2, 0) is 27.2 Å². The van der Waals surface area contributed by atoms with E-state index in [0.29, 0.717) is 0 Å². The SMILES string of the molecule is Cc1n(CCCCCn2c(C)[n+](C)c3ccccc32)c2ccccc2[n+]1C. The molecular formula is C23H30N4+2. The number of hydrogen-bond acceptors (Lipinski definition) is 0. The molecule has 0 aliphatic carbocycles. The molecule has 0 atom stereocenters. The van der Waals surface area contributed by atoms with Gasteiger partial charge in [-0.1, -0.05) is 24.3 Å². The Kier molecular flexibility index (Phi) is 4.73. The van der Waals surface area contributed by atoms with Crippen LogP contribution in [0.5, 0.6) is 0 Å². The van der Waals surface area contributed by atoms with E-state index in [9.17, 15) is 0 Å². The minimum Gasteiger partial charge on any atom is -0.230 e. The Hall–Kier alpha value is -2.62. The summed E-state index contributed by atoms with van der Waals surface area (Å²) in [6, 6.07) is 17.4. The first-order valence-corrected chi connectivity index (χ1v) is 9.97. The number of fused-ring (bicyclic) bond motifs is 2.